The van der Waals surface area contributed by atoms with E-state index in [-0.39, 0.29) is 33.7 Å². The summed E-state index contributed by atoms with van der Waals surface area (Å²) in [5, 5.41) is 10.9. The summed E-state index contributed by atoms with van der Waals surface area (Å²) in [5.74, 6) is 0. The third-order valence-corrected chi connectivity index (χ3v) is 7.04. The van der Waals surface area contributed by atoms with E-state index in [9.17, 15) is 18.5 Å². The molecule has 0 saturated carbocycles. The monoisotopic (exact) mass is 415 g/mol. The lowest BCUT2D eigenvalue weighted by molar-refractivity contribution is -0.384. The average molecular weight is 416 g/mol. The number of piperazine rings is 1. The van der Waals surface area contributed by atoms with Gasteiger partial charge in [-0.25, -0.2) is 8.42 Å². The second-order valence-electron chi connectivity index (χ2n) is 5.72. The molecular formula is C16H15Cl2N3O4S. The van der Waals surface area contributed by atoms with E-state index in [4.69, 9.17) is 23.2 Å². The van der Waals surface area contributed by atoms with Crippen molar-refractivity contribution in [2.45, 2.75) is 4.90 Å². The number of nitro groups is 1. The summed E-state index contributed by atoms with van der Waals surface area (Å²) >= 11 is 12.1. The van der Waals surface area contributed by atoms with Gasteiger partial charge in [-0.15, -0.1) is 0 Å². The predicted molar refractivity (Wildman–Crippen MR) is 101 cm³/mol. The molecule has 0 atom stereocenters. The first-order valence-electron chi connectivity index (χ1n) is 7.74. The Kier molecular flexibility index (Phi) is 5.38. The highest BCUT2D eigenvalue weighted by atomic mass is 35.5. The van der Waals surface area contributed by atoms with Gasteiger partial charge in [0.25, 0.3) is 5.69 Å². The average Bonchev–Trinajstić information content (AvgIpc) is 2.61. The van der Waals surface area contributed by atoms with Crippen LogP contribution < -0.4 is 4.90 Å². The zero-order chi connectivity index (χ0) is 18.9. The highest BCUT2D eigenvalue weighted by Gasteiger charge is 2.32. The minimum atomic E-state index is -3.79. The molecule has 0 bridgehead atoms. The number of rotatable bonds is 4. The molecule has 138 valence electrons. The molecule has 1 saturated heterocycles. The number of benzene rings is 2. The molecule has 26 heavy (non-hydrogen) atoms. The molecule has 2 aromatic rings. The third-order valence-electron chi connectivity index (χ3n) is 4.18. The molecule has 1 fully saturated rings. The topological polar surface area (TPSA) is 83.8 Å². The molecular weight excluding hydrogens is 401 g/mol. The largest absolute Gasteiger partial charge is 0.369 e. The van der Waals surface area contributed by atoms with Crippen molar-refractivity contribution < 1.29 is 13.3 Å². The van der Waals surface area contributed by atoms with Crippen LogP contribution in [-0.2, 0) is 10.0 Å². The van der Waals surface area contributed by atoms with Crippen molar-refractivity contribution in [3.8, 4) is 0 Å². The van der Waals surface area contributed by atoms with E-state index in [2.05, 4.69) is 0 Å². The van der Waals surface area contributed by atoms with Crippen LogP contribution in [0.25, 0.3) is 0 Å². The van der Waals surface area contributed by atoms with Crippen LogP contribution in [0.2, 0.25) is 10.0 Å². The minimum Gasteiger partial charge on any atom is -0.369 e. The molecule has 1 aliphatic heterocycles. The Morgan fingerprint density at radius 1 is 0.923 bits per heavy atom. The van der Waals surface area contributed by atoms with E-state index in [1.807, 2.05) is 4.90 Å². The summed E-state index contributed by atoms with van der Waals surface area (Å²) in [5.41, 5.74) is 0.826. The van der Waals surface area contributed by atoms with Gasteiger partial charge < -0.3 is 4.90 Å². The number of halogens is 2. The SMILES string of the molecule is O=[N+]([O-])c1ccc(N2CCN(S(=O)(=O)c3c(Cl)cccc3Cl)CC2)cc1. The van der Waals surface area contributed by atoms with E-state index in [1.54, 1.807) is 18.2 Å². The predicted octanol–water partition coefficient (Wildman–Crippen LogP) is 3.41. The van der Waals surface area contributed by atoms with Crippen molar-refractivity contribution in [2.75, 3.05) is 31.1 Å². The van der Waals surface area contributed by atoms with Crippen LogP contribution >= 0.6 is 23.2 Å². The molecule has 1 aliphatic rings. The Morgan fingerprint density at radius 3 is 1.96 bits per heavy atom. The molecule has 10 heteroatoms. The van der Waals surface area contributed by atoms with Crippen LogP contribution in [0.3, 0.4) is 0 Å². The van der Waals surface area contributed by atoms with E-state index < -0.39 is 14.9 Å². The summed E-state index contributed by atoms with van der Waals surface area (Å²) in [6, 6.07) is 10.8. The fourth-order valence-corrected chi connectivity index (χ4v) is 5.34. The maximum absolute atomic E-state index is 12.9. The van der Waals surface area contributed by atoms with Crippen molar-refractivity contribution in [1.82, 2.24) is 4.31 Å². The third kappa shape index (κ3) is 3.64. The fourth-order valence-electron chi connectivity index (χ4n) is 2.83. The van der Waals surface area contributed by atoms with Gasteiger partial charge in [-0.1, -0.05) is 29.3 Å². The number of anilines is 1. The van der Waals surface area contributed by atoms with Crippen LogP contribution in [0.5, 0.6) is 0 Å². The van der Waals surface area contributed by atoms with Crippen LogP contribution in [0.4, 0.5) is 11.4 Å². The lowest BCUT2D eigenvalue weighted by Gasteiger charge is -2.35. The lowest BCUT2D eigenvalue weighted by Crippen LogP contribution is -2.48. The molecule has 2 aromatic carbocycles. The van der Waals surface area contributed by atoms with Crippen molar-refractivity contribution in [3.63, 3.8) is 0 Å². The van der Waals surface area contributed by atoms with Gasteiger partial charge in [-0.3, -0.25) is 10.1 Å². The van der Waals surface area contributed by atoms with Gasteiger partial charge in [0.1, 0.15) is 4.90 Å². The first-order valence-corrected chi connectivity index (χ1v) is 9.94. The number of hydrogen-bond donors (Lipinski definition) is 0. The summed E-state index contributed by atoms with van der Waals surface area (Å²) < 4.78 is 27.1. The maximum atomic E-state index is 12.9. The Bertz CT molecular complexity index is 907. The zero-order valence-corrected chi connectivity index (χ0v) is 15.8. The molecule has 0 spiro atoms. The van der Waals surface area contributed by atoms with Crippen molar-refractivity contribution in [2.24, 2.45) is 0 Å². The molecule has 7 nitrogen and oxygen atoms in total. The van der Waals surface area contributed by atoms with Gasteiger partial charge >= 0.3 is 0 Å². The van der Waals surface area contributed by atoms with E-state index >= 15 is 0 Å². The molecule has 0 unspecified atom stereocenters. The number of nitrogens with zero attached hydrogens (tertiary/aromatic N) is 3. The summed E-state index contributed by atoms with van der Waals surface area (Å²) in [4.78, 5) is 12.2. The van der Waals surface area contributed by atoms with Crippen LogP contribution in [0.1, 0.15) is 0 Å². The van der Waals surface area contributed by atoms with Gasteiger partial charge in [0.2, 0.25) is 10.0 Å². The lowest BCUT2D eigenvalue weighted by atomic mass is 10.2. The summed E-state index contributed by atoms with van der Waals surface area (Å²) in [6.45, 7) is 1.44. The van der Waals surface area contributed by atoms with Crippen LogP contribution in [0, 0.1) is 10.1 Å². The molecule has 0 N–H and O–H groups in total. The second-order valence-corrected chi connectivity index (χ2v) is 8.40. The van der Waals surface area contributed by atoms with Crippen LogP contribution in [0.15, 0.2) is 47.4 Å². The first kappa shape index (κ1) is 18.9. The quantitative estimate of drug-likeness (QED) is 0.564. The highest BCUT2D eigenvalue weighted by Crippen LogP contribution is 2.32. The smallest absolute Gasteiger partial charge is 0.269 e. The normalized spacial score (nSPS) is 15.8. The Labute approximate surface area is 160 Å². The van der Waals surface area contributed by atoms with Gasteiger partial charge in [0.15, 0.2) is 0 Å². The van der Waals surface area contributed by atoms with Crippen molar-refractivity contribution in [1.29, 1.82) is 0 Å². The number of non-ortho nitro benzene ring substituents is 1. The van der Waals surface area contributed by atoms with E-state index in [1.165, 1.54) is 28.6 Å². The van der Waals surface area contributed by atoms with E-state index in [0.717, 1.165) is 5.69 Å². The van der Waals surface area contributed by atoms with Gasteiger partial charge in [0.05, 0.1) is 15.0 Å². The zero-order valence-electron chi connectivity index (χ0n) is 13.5. The second kappa shape index (κ2) is 7.40. The van der Waals surface area contributed by atoms with Gasteiger partial charge in [-0.2, -0.15) is 4.31 Å². The highest BCUT2D eigenvalue weighted by molar-refractivity contribution is 7.89. The molecule has 0 aromatic heterocycles. The van der Waals surface area contributed by atoms with Gasteiger partial charge in [-0.05, 0) is 24.3 Å². The Hall–Kier alpha value is -1.87. The van der Waals surface area contributed by atoms with Crippen molar-refractivity contribution >= 4 is 44.6 Å². The maximum Gasteiger partial charge on any atom is 0.269 e. The summed E-state index contributed by atoms with van der Waals surface area (Å²) in [6.07, 6.45) is 0. The number of hydrogen-bond acceptors (Lipinski definition) is 5. The number of sulfonamides is 1. The molecule has 1 heterocycles. The molecule has 0 radical (unpaired) electrons. The number of nitro benzene ring substituents is 1. The molecule has 3 rings (SSSR count). The Morgan fingerprint density at radius 2 is 1.46 bits per heavy atom. The molecule has 0 amide bonds. The standard InChI is InChI=1S/C16H15Cl2N3O4S/c17-14-2-1-3-15(18)16(14)26(24,25)20-10-8-19(9-11-20)12-4-6-13(7-5-12)21(22)23/h1-7H,8-11H2. The summed E-state index contributed by atoms with van der Waals surface area (Å²) in [7, 11) is -3.79. The van der Waals surface area contributed by atoms with Gasteiger partial charge in [0, 0.05) is 44.0 Å². The van der Waals surface area contributed by atoms with E-state index in [0.29, 0.717) is 13.1 Å². The Balaban J connectivity index is 1.75. The fraction of sp³-hybridized carbons (Fsp3) is 0.250. The van der Waals surface area contributed by atoms with Crippen LogP contribution in [-0.4, -0.2) is 43.8 Å². The molecule has 0 aliphatic carbocycles. The first-order chi connectivity index (χ1) is 12.3. The minimum absolute atomic E-state index is 0.0170. The van der Waals surface area contributed by atoms with Crippen molar-refractivity contribution in [3.05, 3.63) is 62.6 Å².